The molecule has 5 nitrogen and oxygen atoms in total. The number of nitrogen functional groups attached to an aromatic ring is 1. The van der Waals surface area contributed by atoms with Crippen LogP contribution in [0.2, 0.25) is 0 Å². The number of nitrogens with one attached hydrogen (secondary N) is 2. The topological polar surface area (TPSA) is 84.2 Å². The molecule has 40 heavy (non-hydrogen) atoms. The average Bonchev–Trinajstić information content (AvgIpc) is 2.93. The van der Waals surface area contributed by atoms with Crippen LogP contribution in [0.4, 0.5) is 28.9 Å². The maximum atomic E-state index is 13.8. The number of aryl methyl sites for hydroxylation is 1. The first kappa shape index (κ1) is 28.1. The molecule has 2 amide bonds. The zero-order valence-corrected chi connectivity index (χ0v) is 21.4. The lowest BCUT2D eigenvalue weighted by atomic mass is 9.99. The zero-order valence-electron chi connectivity index (χ0n) is 21.4. The van der Waals surface area contributed by atoms with Crippen LogP contribution < -0.4 is 16.4 Å². The van der Waals surface area contributed by atoms with Crippen molar-refractivity contribution in [2.75, 3.05) is 11.1 Å². The van der Waals surface area contributed by atoms with Crippen molar-refractivity contribution >= 4 is 34.8 Å². The van der Waals surface area contributed by atoms with Crippen LogP contribution in [0.5, 0.6) is 0 Å². The minimum Gasteiger partial charge on any atom is -0.397 e. The van der Waals surface area contributed by atoms with Gasteiger partial charge in [-0.05, 0) is 83.8 Å². The van der Waals surface area contributed by atoms with Crippen LogP contribution in [0.25, 0.3) is 11.6 Å². The number of halogens is 4. The molecule has 4 rings (SSSR count). The van der Waals surface area contributed by atoms with Gasteiger partial charge < -0.3 is 16.4 Å². The van der Waals surface area contributed by atoms with Crippen molar-refractivity contribution in [2.24, 2.45) is 0 Å². The molecule has 0 aliphatic rings. The molecule has 4 aromatic rings. The van der Waals surface area contributed by atoms with Gasteiger partial charge in [-0.25, -0.2) is 4.39 Å². The molecular weight excluding hydrogens is 522 g/mol. The molecule has 0 spiro atoms. The van der Waals surface area contributed by atoms with E-state index in [1.165, 1.54) is 30.3 Å². The van der Waals surface area contributed by atoms with Crippen molar-refractivity contribution in [1.29, 1.82) is 0 Å². The third kappa shape index (κ3) is 6.93. The van der Waals surface area contributed by atoms with E-state index in [1.54, 1.807) is 61.5 Å². The van der Waals surface area contributed by atoms with Gasteiger partial charge in [0.05, 0.1) is 16.9 Å². The van der Waals surface area contributed by atoms with Gasteiger partial charge >= 0.3 is 6.18 Å². The Morgan fingerprint density at radius 1 is 0.875 bits per heavy atom. The van der Waals surface area contributed by atoms with Crippen molar-refractivity contribution < 1.29 is 27.2 Å². The Morgan fingerprint density at radius 3 is 2.15 bits per heavy atom. The van der Waals surface area contributed by atoms with Crippen LogP contribution in [0.1, 0.15) is 38.2 Å². The van der Waals surface area contributed by atoms with Crippen LogP contribution >= 0.6 is 0 Å². The van der Waals surface area contributed by atoms with E-state index in [1.807, 2.05) is 0 Å². The molecule has 0 bridgehead atoms. The Bertz CT molecular complexity index is 1560. The van der Waals surface area contributed by atoms with Gasteiger partial charge in [-0.1, -0.05) is 42.5 Å². The molecule has 4 aromatic carbocycles. The molecule has 204 valence electrons. The van der Waals surface area contributed by atoms with E-state index in [-0.39, 0.29) is 23.6 Å². The molecule has 0 aliphatic heterocycles. The number of benzene rings is 4. The first-order valence-corrected chi connectivity index (χ1v) is 12.2. The molecule has 0 unspecified atom stereocenters. The summed E-state index contributed by atoms with van der Waals surface area (Å²) in [7, 11) is 0. The standard InChI is InChI=1S/C31H25F4N3O2/c1-19-16-21(8-15-26(19)32)17-25(22-11-13-24(14-12-22)31(33,34)35)30(40)37-18-20-6-9-23(10-7-20)29(39)38-28-5-3-2-4-27(28)36/h2-17H,18,36H2,1H3,(H,37,40)(H,38,39)/b25-17+. The first-order chi connectivity index (χ1) is 19.0. The Kier molecular flexibility index (Phi) is 8.33. The third-order valence-electron chi connectivity index (χ3n) is 6.14. The molecule has 0 atom stereocenters. The monoisotopic (exact) mass is 547 g/mol. The van der Waals surface area contributed by atoms with Gasteiger partial charge in [0, 0.05) is 17.7 Å². The van der Waals surface area contributed by atoms with Crippen LogP contribution in [-0.4, -0.2) is 11.8 Å². The Labute approximate surface area is 228 Å². The number of amides is 2. The highest BCUT2D eigenvalue weighted by molar-refractivity contribution is 6.24. The van der Waals surface area contributed by atoms with Crippen molar-refractivity contribution in [1.82, 2.24) is 5.32 Å². The lowest BCUT2D eigenvalue weighted by molar-refractivity contribution is -0.137. The summed E-state index contributed by atoms with van der Waals surface area (Å²) < 4.78 is 52.9. The Balaban J connectivity index is 1.51. The second-order valence-electron chi connectivity index (χ2n) is 9.06. The van der Waals surface area contributed by atoms with Gasteiger partial charge in [-0.3, -0.25) is 9.59 Å². The number of para-hydroxylation sites is 2. The number of alkyl halides is 3. The first-order valence-electron chi connectivity index (χ1n) is 12.2. The van der Waals surface area contributed by atoms with Gasteiger partial charge in [0.1, 0.15) is 5.82 Å². The second-order valence-corrected chi connectivity index (χ2v) is 9.06. The van der Waals surface area contributed by atoms with Crippen LogP contribution in [0, 0.1) is 12.7 Å². The minimum atomic E-state index is -4.52. The number of nitrogens with two attached hydrogens (primary N) is 1. The Morgan fingerprint density at radius 2 is 1.52 bits per heavy atom. The summed E-state index contributed by atoms with van der Waals surface area (Å²) in [6.07, 6.45) is -3.03. The lowest BCUT2D eigenvalue weighted by Gasteiger charge is -2.12. The number of hydrogen-bond acceptors (Lipinski definition) is 3. The molecule has 0 aliphatic carbocycles. The average molecular weight is 548 g/mol. The van der Waals surface area contributed by atoms with Gasteiger partial charge in [0.25, 0.3) is 11.8 Å². The number of rotatable bonds is 7. The highest BCUT2D eigenvalue weighted by Crippen LogP contribution is 2.30. The molecule has 0 heterocycles. The maximum Gasteiger partial charge on any atom is 0.416 e. The number of hydrogen-bond donors (Lipinski definition) is 3. The van der Waals surface area contributed by atoms with E-state index in [2.05, 4.69) is 10.6 Å². The number of carbonyl (C=O) groups excluding carboxylic acids is 2. The summed E-state index contributed by atoms with van der Waals surface area (Å²) in [6, 6.07) is 21.9. The molecule has 0 fully saturated rings. The van der Waals surface area contributed by atoms with Gasteiger partial charge in [0.2, 0.25) is 0 Å². The molecule has 0 saturated heterocycles. The van der Waals surface area contributed by atoms with E-state index in [4.69, 9.17) is 5.73 Å². The van der Waals surface area contributed by atoms with Crippen molar-refractivity contribution in [3.8, 4) is 0 Å². The second kappa shape index (κ2) is 11.9. The highest BCUT2D eigenvalue weighted by Gasteiger charge is 2.30. The smallest absolute Gasteiger partial charge is 0.397 e. The van der Waals surface area contributed by atoms with Crippen molar-refractivity contribution in [2.45, 2.75) is 19.6 Å². The molecular formula is C31H25F4N3O2. The normalized spacial score (nSPS) is 11.7. The van der Waals surface area contributed by atoms with Crippen molar-refractivity contribution in [3.63, 3.8) is 0 Å². The van der Waals surface area contributed by atoms with Gasteiger partial charge in [0.15, 0.2) is 0 Å². The molecule has 0 saturated carbocycles. The van der Waals surface area contributed by atoms with Gasteiger partial charge in [-0.15, -0.1) is 0 Å². The lowest BCUT2D eigenvalue weighted by Crippen LogP contribution is -2.24. The van der Waals surface area contributed by atoms with E-state index in [0.717, 1.165) is 12.1 Å². The predicted octanol–water partition coefficient (Wildman–Crippen LogP) is 6.84. The van der Waals surface area contributed by atoms with Crippen LogP contribution in [-0.2, 0) is 17.5 Å². The zero-order chi connectivity index (χ0) is 28.9. The molecule has 4 N–H and O–H groups in total. The largest absolute Gasteiger partial charge is 0.416 e. The molecule has 0 radical (unpaired) electrons. The SMILES string of the molecule is Cc1cc(/C=C(/C(=O)NCc2ccc(C(=O)Nc3ccccc3N)cc2)c2ccc(C(F)(F)F)cc2)ccc1F. The minimum absolute atomic E-state index is 0.0901. The third-order valence-corrected chi connectivity index (χ3v) is 6.14. The predicted molar refractivity (Wildman–Crippen MR) is 148 cm³/mol. The van der Waals surface area contributed by atoms with Crippen LogP contribution in [0.3, 0.4) is 0 Å². The summed E-state index contributed by atoms with van der Waals surface area (Å²) in [5.41, 5.74) is 8.27. The maximum absolute atomic E-state index is 13.8. The van der Waals surface area contributed by atoms with Crippen molar-refractivity contribution in [3.05, 3.63) is 130 Å². The quantitative estimate of drug-likeness (QED) is 0.102. The van der Waals surface area contributed by atoms with Crippen LogP contribution in [0.15, 0.2) is 91.0 Å². The summed E-state index contributed by atoms with van der Waals surface area (Å²) in [4.78, 5) is 25.8. The molecule has 9 heteroatoms. The number of carbonyl (C=O) groups is 2. The summed E-state index contributed by atoms with van der Waals surface area (Å²) in [5.74, 6) is -1.30. The van der Waals surface area contributed by atoms with Gasteiger partial charge in [-0.2, -0.15) is 13.2 Å². The van der Waals surface area contributed by atoms with E-state index in [9.17, 15) is 27.2 Å². The Hall–Kier alpha value is -4.92. The number of anilines is 2. The van der Waals surface area contributed by atoms with E-state index < -0.39 is 23.5 Å². The van der Waals surface area contributed by atoms with E-state index in [0.29, 0.717) is 33.6 Å². The summed E-state index contributed by atoms with van der Waals surface area (Å²) >= 11 is 0. The fraction of sp³-hybridized carbons (Fsp3) is 0.0968. The highest BCUT2D eigenvalue weighted by atomic mass is 19.4. The fourth-order valence-electron chi connectivity index (χ4n) is 3.90. The van der Waals surface area contributed by atoms with E-state index >= 15 is 0 Å². The summed E-state index contributed by atoms with van der Waals surface area (Å²) in [5, 5.41) is 5.50. The summed E-state index contributed by atoms with van der Waals surface area (Å²) in [6.45, 7) is 1.66. The molecule has 0 aromatic heterocycles. The fourth-order valence-corrected chi connectivity index (χ4v) is 3.90.